The standard InChI is InChI=1S/C14H15F3N2O/c15-14(16,17)10-5-9(6-11(18)7-10)12(20)19-4-3-13(8-19)1-2-13/h5-7H,1-4,8,18H2. The van der Waals surface area contributed by atoms with E-state index in [1.54, 1.807) is 4.90 Å². The number of hydrogen-bond acceptors (Lipinski definition) is 2. The highest BCUT2D eigenvalue weighted by molar-refractivity contribution is 5.95. The second-order valence-electron chi connectivity index (χ2n) is 5.82. The van der Waals surface area contributed by atoms with Crippen molar-refractivity contribution in [2.75, 3.05) is 18.8 Å². The predicted octanol–water partition coefficient (Wildman–Crippen LogP) is 2.91. The molecule has 1 aliphatic carbocycles. The van der Waals surface area contributed by atoms with Crippen LogP contribution in [0.3, 0.4) is 0 Å². The van der Waals surface area contributed by atoms with Gasteiger partial charge in [-0.1, -0.05) is 0 Å². The van der Waals surface area contributed by atoms with E-state index >= 15 is 0 Å². The SMILES string of the molecule is Nc1cc(C(=O)N2CCC3(CC3)C2)cc(C(F)(F)F)c1. The third-order valence-corrected chi connectivity index (χ3v) is 4.21. The number of likely N-dealkylation sites (tertiary alicyclic amines) is 1. The summed E-state index contributed by atoms with van der Waals surface area (Å²) in [4.78, 5) is 13.9. The molecule has 3 rings (SSSR count). The molecule has 1 aromatic carbocycles. The van der Waals surface area contributed by atoms with Crippen LogP contribution in [0, 0.1) is 5.41 Å². The van der Waals surface area contributed by atoms with E-state index in [4.69, 9.17) is 5.73 Å². The molecular weight excluding hydrogens is 269 g/mol. The lowest BCUT2D eigenvalue weighted by molar-refractivity contribution is -0.137. The number of anilines is 1. The predicted molar refractivity (Wildman–Crippen MR) is 68.0 cm³/mol. The van der Waals surface area contributed by atoms with Crippen LogP contribution in [0.2, 0.25) is 0 Å². The second kappa shape index (κ2) is 4.14. The number of nitrogens with zero attached hydrogens (tertiary/aromatic N) is 1. The summed E-state index contributed by atoms with van der Waals surface area (Å²) in [5, 5.41) is 0. The monoisotopic (exact) mass is 284 g/mol. The Labute approximate surface area is 114 Å². The molecule has 108 valence electrons. The van der Waals surface area contributed by atoms with Crippen LogP contribution in [0.1, 0.15) is 35.2 Å². The molecule has 2 fully saturated rings. The minimum Gasteiger partial charge on any atom is -0.399 e. The van der Waals surface area contributed by atoms with Crippen molar-refractivity contribution < 1.29 is 18.0 Å². The molecule has 1 spiro atoms. The zero-order chi connectivity index (χ0) is 14.5. The number of carbonyl (C=O) groups is 1. The Morgan fingerprint density at radius 2 is 1.90 bits per heavy atom. The molecule has 0 atom stereocenters. The molecule has 1 amide bonds. The van der Waals surface area contributed by atoms with Gasteiger partial charge in [0.25, 0.3) is 5.91 Å². The first kappa shape index (κ1) is 13.3. The highest BCUT2D eigenvalue weighted by Crippen LogP contribution is 2.52. The maximum atomic E-state index is 12.7. The molecule has 1 heterocycles. The Hall–Kier alpha value is -1.72. The zero-order valence-electron chi connectivity index (χ0n) is 10.8. The Bertz CT molecular complexity index is 564. The first-order chi connectivity index (χ1) is 9.29. The third kappa shape index (κ3) is 2.34. The molecule has 2 N–H and O–H groups in total. The maximum absolute atomic E-state index is 12.7. The first-order valence-electron chi connectivity index (χ1n) is 6.56. The number of halogens is 3. The maximum Gasteiger partial charge on any atom is 0.416 e. The summed E-state index contributed by atoms with van der Waals surface area (Å²) < 4.78 is 38.2. The fourth-order valence-electron chi connectivity index (χ4n) is 2.81. The van der Waals surface area contributed by atoms with Crippen molar-refractivity contribution in [3.63, 3.8) is 0 Å². The van der Waals surface area contributed by atoms with Gasteiger partial charge in [0.1, 0.15) is 0 Å². The Morgan fingerprint density at radius 3 is 2.45 bits per heavy atom. The fourth-order valence-corrected chi connectivity index (χ4v) is 2.81. The molecule has 2 aliphatic rings. The summed E-state index contributed by atoms with van der Waals surface area (Å²) in [5.74, 6) is -0.355. The summed E-state index contributed by atoms with van der Waals surface area (Å²) in [7, 11) is 0. The summed E-state index contributed by atoms with van der Waals surface area (Å²) in [6, 6.07) is 3.05. The molecule has 3 nitrogen and oxygen atoms in total. The smallest absolute Gasteiger partial charge is 0.399 e. The molecule has 6 heteroatoms. The highest BCUT2D eigenvalue weighted by Gasteiger charge is 2.48. The molecular formula is C14H15F3N2O. The van der Waals surface area contributed by atoms with Crippen LogP contribution in [0.25, 0.3) is 0 Å². The van der Waals surface area contributed by atoms with Crippen LogP contribution >= 0.6 is 0 Å². The topological polar surface area (TPSA) is 46.3 Å². The van der Waals surface area contributed by atoms with Crippen LogP contribution in [-0.4, -0.2) is 23.9 Å². The van der Waals surface area contributed by atoms with Gasteiger partial charge in [-0.3, -0.25) is 4.79 Å². The molecule has 0 radical (unpaired) electrons. The van der Waals surface area contributed by atoms with E-state index in [1.807, 2.05) is 0 Å². The number of carbonyl (C=O) groups excluding carboxylic acids is 1. The van der Waals surface area contributed by atoms with Gasteiger partial charge in [-0.05, 0) is 42.9 Å². The summed E-state index contributed by atoms with van der Waals surface area (Å²) in [5.41, 5.74) is 4.85. The van der Waals surface area contributed by atoms with Crippen molar-refractivity contribution in [1.29, 1.82) is 0 Å². The molecule has 1 saturated heterocycles. The third-order valence-electron chi connectivity index (χ3n) is 4.21. The summed E-state index contributed by atoms with van der Waals surface area (Å²) in [6.07, 6.45) is -1.32. The number of rotatable bonds is 1. The minimum absolute atomic E-state index is 0.0232. The molecule has 20 heavy (non-hydrogen) atoms. The van der Waals surface area contributed by atoms with Crippen molar-refractivity contribution in [1.82, 2.24) is 4.90 Å². The number of amides is 1. The highest BCUT2D eigenvalue weighted by atomic mass is 19.4. The van der Waals surface area contributed by atoms with Gasteiger partial charge < -0.3 is 10.6 Å². The summed E-state index contributed by atoms with van der Waals surface area (Å²) in [6.45, 7) is 1.27. The van der Waals surface area contributed by atoms with E-state index in [-0.39, 0.29) is 22.6 Å². The lowest BCUT2D eigenvalue weighted by Crippen LogP contribution is -2.29. The average Bonchev–Trinajstić information content (AvgIpc) is 2.97. The van der Waals surface area contributed by atoms with Crippen LogP contribution in [0.5, 0.6) is 0 Å². The van der Waals surface area contributed by atoms with Crippen LogP contribution < -0.4 is 5.73 Å². The van der Waals surface area contributed by atoms with Crippen molar-refractivity contribution in [3.8, 4) is 0 Å². The van der Waals surface area contributed by atoms with E-state index in [9.17, 15) is 18.0 Å². The van der Waals surface area contributed by atoms with Gasteiger partial charge in [0.15, 0.2) is 0 Å². The Balaban J connectivity index is 1.86. The van der Waals surface area contributed by atoms with Gasteiger partial charge in [-0.15, -0.1) is 0 Å². The van der Waals surface area contributed by atoms with Crippen LogP contribution in [-0.2, 0) is 6.18 Å². The largest absolute Gasteiger partial charge is 0.416 e. The number of hydrogen-bond donors (Lipinski definition) is 1. The molecule has 1 aromatic rings. The van der Waals surface area contributed by atoms with Crippen molar-refractivity contribution >= 4 is 11.6 Å². The average molecular weight is 284 g/mol. The minimum atomic E-state index is -4.49. The van der Waals surface area contributed by atoms with Crippen molar-refractivity contribution in [3.05, 3.63) is 29.3 Å². The van der Waals surface area contributed by atoms with Crippen molar-refractivity contribution in [2.45, 2.75) is 25.4 Å². The van der Waals surface area contributed by atoms with Crippen LogP contribution in [0.4, 0.5) is 18.9 Å². The van der Waals surface area contributed by atoms with Gasteiger partial charge >= 0.3 is 6.18 Å². The van der Waals surface area contributed by atoms with Gasteiger partial charge in [-0.2, -0.15) is 13.2 Å². The summed E-state index contributed by atoms with van der Waals surface area (Å²) >= 11 is 0. The van der Waals surface area contributed by atoms with Gasteiger partial charge in [0.2, 0.25) is 0 Å². The zero-order valence-corrected chi connectivity index (χ0v) is 10.8. The van der Waals surface area contributed by atoms with E-state index in [0.717, 1.165) is 31.4 Å². The lowest BCUT2D eigenvalue weighted by atomic mass is 10.1. The molecule has 0 aromatic heterocycles. The Morgan fingerprint density at radius 1 is 1.20 bits per heavy atom. The number of benzene rings is 1. The first-order valence-corrected chi connectivity index (χ1v) is 6.56. The van der Waals surface area contributed by atoms with E-state index in [1.165, 1.54) is 6.07 Å². The lowest BCUT2D eigenvalue weighted by Gasteiger charge is -2.18. The number of nitrogen functional groups attached to an aromatic ring is 1. The van der Waals surface area contributed by atoms with E-state index in [2.05, 4.69) is 0 Å². The van der Waals surface area contributed by atoms with Gasteiger partial charge in [0.05, 0.1) is 5.56 Å². The second-order valence-corrected chi connectivity index (χ2v) is 5.82. The number of nitrogens with two attached hydrogens (primary N) is 1. The Kier molecular flexibility index (Phi) is 2.74. The normalized spacial score (nSPS) is 20.4. The van der Waals surface area contributed by atoms with E-state index < -0.39 is 11.7 Å². The van der Waals surface area contributed by atoms with Gasteiger partial charge in [-0.25, -0.2) is 0 Å². The van der Waals surface area contributed by atoms with Crippen molar-refractivity contribution in [2.24, 2.45) is 5.41 Å². The van der Waals surface area contributed by atoms with E-state index in [0.29, 0.717) is 13.1 Å². The number of alkyl halides is 3. The fraction of sp³-hybridized carbons (Fsp3) is 0.500. The molecule has 1 aliphatic heterocycles. The van der Waals surface area contributed by atoms with Crippen LogP contribution in [0.15, 0.2) is 18.2 Å². The molecule has 1 saturated carbocycles. The molecule has 0 bridgehead atoms. The van der Waals surface area contributed by atoms with Gasteiger partial charge in [0, 0.05) is 24.3 Å². The molecule has 0 unspecified atom stereocenters. The quantitative estimate of drug-likeness (QED) is 0.806.